The summed E-state index contributed by atoms with van der Waals surface area (Å²) in [5, 5.41) is 3.00. The summed E-state index contributed by atoms with van der Waals surface area (Å²) >= 11 is 0.956. The fourth-order valence-corrected chi connectivity index (χ4v) is 6.82. The number of amides is 1. The zero-order valence-corrected chi connectivity index (χ0v) is 29.0. The number of anilines is 1. The van der Waals surface area contributed by atoms with Crippen LogP contribution in [0.5, 0.6) is 0 Å². The lowest BCUT2D eigenvalue weighted by Crippen LogP contribution is -2.61. The summed E-state index contributed by atoms with van der Waals surface area (Å²) in [5.41, 5.74) is -2.23. The third-order valence-electron chi connectivity index (χ3n) is 7.60. The van der Waals surface area contributed by atoms with Crippen molar-refractivity contribution in [2.45, 2.75) is 107 Å². The summed E-state index contributed by atoms with van der Waals surface area (Å²) in [7, 11) is 0. The van der Waals surface area contributed by atoms with E-state index < -0.39 is 101 Å². The van der Waals surface area contributed by atoms with Crippen molar-refractivity contribution < 1.29 is 61.9 Å². The van der Waals surface area contributed by atoms with E-state index in [4.69, 9.17) is 37.9 Å². The lowest BCUT2D eigenvalue weighted by atomic mass is 9.99. The number of H-pyrrole nitrogens is 1. The number of rotatable bonds is 10. The molecule has 5 heterocycles. The second-order valence-corrected chi connectivity index (χ2v) is 13.2. The maximum Gasteiger partial charge on any atom is 0.330 e. The Morgan fingerprint density at radius 2 is 1.53 bits per heavy atom. The Hall–Kier alpha value is -4.63. The summed E-state index contributed by atoms with van der Waals surface area (Å²) in [4.78, 5) is 92.0. The molecule has 0 radical (unpaired) electrons. The molecule has 3 saturated heterocycles. The van der Waals surface area contributed by atoms with Crippen molar-refractivity contribution in [3.05, 3.63) is 51.4 Å². The number of carbonyl (C=O) groups is 5. The van der Waals surface area contributed by atoms with E-state index in [1.165, 1.54) is 31.5 Å². The monoisotopic (exact) mass is 736 g/mol. The summed E-state index contributed by atoms with van der Waals surface area (Å²) in [6.45, 7) is 7.47. The Balaban J connectivity index is 1.34. The van der Waals surface area contributed by atoms with Crippen molar-refractivity contribution in [1.29, 1.82) is 0 Å². The number of hydrogen-bond acceptors (Lipinski definition) is 17. The molecule has 0 unspecified atom stereocenters. The SMILES string of the molecule is CC(=O)OC[C@H]1O[C@@H](Sc2ccc(NC(=O)[C@H]3O[C@@H](n4ccc(=O)[nH]c4=O)[C@@H]4OC(C)(C)O[C@@H]43)cn2)[C@H](OC(C)=O)[C@@H](OC(C)=O)[C@@H]1OC(C)=O. The number of carbonyl (C=O) groups excluding carboxylic acids is 5. The summed E-state index contributed by atoms with van der Waals surface area (Å²) < 4.78 is 46.5. The number of ether oxygens (including phenoxy) is 8. The fourth-order valence-electron chi connectivity index (χ4n) is 5.78. The minimum Gasteiger partial charge on any atom is -0.463 e. The van der Waals surface area contributed by atoms with Crippen LogP contribution in [0, 0.1) is 0 Å². The largest absolute Gasteiger partial charge is 0.463 e. The lowest BCUT2D eigenvalue weighted by Gasteiger charge is -2.44. The van der Waals surface area contributed by atoms with Crippen LogP contribution in [0.25, 0.3) is 0 Å². The Kier molecular flexibility index (Phi) is 11.3. The minimum atomic E-state index is -1.35. The molecule has 9 atom stereocenters. The van der Waals surface area contributed by atoms with Gasteiger partial charge < -0.3 is 43.2 Å². The molecule has 3 aliphatic rings. The molecular formula is C31H36N4O15S. The molecule has 276 valence electrons. The van der Waals surface area contributed by atoms with E-state index in [2.05, 4.69) is 15.3 Å². The first-order valence-corrected chi connectivity index (χ1v) is 16.5. The minimum absolute atomic E-state index is 0.244. The molecule has 20 heteroatoms. The van der Waals surface area contributed by atoms with Gasteiger partial charge in [-0.25, -0.2) is 9.78 Å². The summed E-state index contributed by atoms with van der Waals surface area (Å²) in [6.07, 6.45) is -6.61. The summed E-state index contributed by atoms with van der Waals surface area (Å²) in [5.74, 6) is -4.65. The second kappa shape index (κ2) is 15.3. The van der Waals surface area contributed by atoms with Crippen LogP contribution < -0.4 is 16.6 Å². The van der Waals surface area contributed by atoms with Crippen LogP contribution in [0.1, 0.15) is 47.8 Å². The zero-order valence-electron chi connectivity index (χ0n) is 28.2. The van der Waals surface area contributed by atoms with Crippen molar-refractivity contribution in [3.8, 4) is 0 Å². The predicted octanol–water partition coefficient (Wildman–Crippen LogP) is 0.163. The molecule has 1 amide bonds. The molecule has 3 fully saturated rings. The number of fused-ring (bicyclic) bond motifs is 1. The normalized spacial score (nSPS) is 29.3. The molecule has 0 spiro atoms. The number of thioether (sulfide) groups is 1. The van der Waals surface area contributed by atoms with Crippen molar-refractivity contribution in [2.24, 2.45) is 0 Å². The molecule has 0 aliphatic carbocycles. The van der Waals surface area contributed by atoms with E-state index in [0.29, 0.717) is 5.03 Å². The third kappa shape index (κ3) is 9.00. The highest BCUT2D eigenvalue weighted by molar-refractivity contribution is 7.99. The topological polar surface area (TPSA) is 239 Å². The zero-order chi connectivity index (χ0) is 37.2. The number of aromatic nitrogens is 3. The van der Waals surface area contributed by atoms with Crippen molar-refractivity contribution in [1.82, 2.24) is 14.5 Å². The maximum atomic E-state index is 13.5. The van der Waals surface area contributed by atoms with E-state index in [-0.39, 0.29) is 12.3 Å². The molecule has 51 heavy (non-hydrogen) atoms. The second-order valence-electron chi connectivity index (χ2n) is 12.1. The van der Waals surface area contributed by atoms with E-state index in [0.717, 1.165) is 43.2 Å². The predicted molar refractivity (Wildman–Crippen MR) is 170 cm³/mol. The van der Waals surface area contributed by atoms with E-state index in [1.54, 1.807) is 13.8 Å². The van der Waals surface area contributed by atoms with Gasteiger partial charge in [-0.3, -0.25) is 38.3 Å². The van der Waals surface area contributed by atoms with E-state index in [1.807, 2.05) is 0 Å². The average Bonchev–Trinajstić information content (AvgIpc) is 3.52. The van der Waals surface area contributed by atoms with Crippen LogP contribution in [-0.4, -0.2) is 105 Å². The lowest BCUT2D eigenvalue weighted by molar-refractivity contribution is -0.237. The summed E-state index contributed by atoms with van der Waals surface area (Å²) in [6, 6.07) is 4.18. The van der Waals surface area contributed by atoms with Crippen molar-refractivity contribution >= 4 is 47.2 Å². The number of hydrogen-bond donors (Lipinski definition) is 2. The number of nitrogens with zero attached hydrogens (tertiary/aromatic N) is 2. The van der Waals surface area contributed by atoms with Gasteiger partial charge in [0.25, 0.3) is 11.5 Å². The maximum absolute atomic E-state index is 13.5. The van der Waals surface area contributed by atoms with Crippen LogP contribution in [0.15, 0.2) is 45.2 Å². The van der Waals surface area contributed by atoms with Crippen molar-refractivity contribution in [2.75, 3.05) is 11.9 Å². The van der Waals surface area contributed by atoms with Crippen LogP contribution in [0.3, 0.4) is 0 Å². The van der Waals surface area contributed by atoms with Gasteiger partial charge >= 0.3 is 29.6 Å². The average molecular weight is 737 g/mol. The van der Waals surface area contributed by atoms with Gasteiger partial charge in [0, 0.05) is 40.0 Å². The van der Waals surface area contributed by atoms with Gasteiger partial charge in [-0.15, -0.1) is 0 Å². The number of nitrogens with one attached hydrogen (secondary N) is 2. The highest BCUT2D eigenvalue weighted by Crippen LogP contribution is 2.43. The Morgan fingerprint density at radius 1 is 0.882 bits per heavy atom. The number of aromatic amines is 1. The molecular weight excluding hydrogens is 700 g/mol. The third-order valence-corrected chi connectivity index (χ3v) is 8.70. The van der Waals surface area contributed by atoms with Gasteiger partial charge in [-0.05, 0) is 26.0 Å². The van der Waals surface area contributed by atoms with E-state index in [9.17, 15) is 33.6 Å². The van der Waals surface area contributed by atoms with Gasteiger partial charge in [0.1, 0.15) is 24.9 Å². The Bertz CT molecular complexity index is 1780. The first kappa shape index (κ1) is 37.6. The Labute approximate surface area is 293 Å². The van der Waals surface area contributed by atoms with Crippen LogP contribution >= 0.6 is 11.8 Å². The molecule has 5 rings (SSSR count). The van der Waals surface area contributed by atoms with Gasteiger partial charge in [0.15, 0.2) is 41.9 Å². The standard InChI is InChI=1S/C31H36N4O15S/c1-13(36)43-12-18-21(44-14(2)37)22(45-15(3)38)26(46-16(4)39)29(47-18)51-20-8-7-17(11-32-20)33-27(41)24-23-25(50-31(5,6)49-23)28(48-24)35-10-9-19(40)34-30(35)42/h7-11,18,21-26,28-29H,12H2,1-6H3,(H,33,41)(H,34,40,42)/t18-,21-,22+,23-,24+,25-,26-,28-,29+/m1/s1. The van der Waals surface area contributed by atoms with Gasteiger partial charge in [0.2, 0.25) is 0 Å². The molecule has 0 saturated carbocycles. The fraction of sp³-hybridized carbons (Fsp3) is 0.548. The molecule has 3 aliphatic heterocycles. The molecule has 19 nitrogen and oxygen atoms in total. The molecule has 0 aromatic carbocycles. The smallest absolute Gasteiger partial charge is 0.330 e. The van der Waals surface area contributed by atoms with Gasteiger partial charge in [0.05, 0.1) is 16.9 Å². The molecule has 2 N–H and O–H groups in total. The van der Waals surface area contributed by atoms with Gasteiger partial charge in [-0.2, -0.15) is 0 Å². The van der Waals surface area contributed by atoms with Gasteiger partial charge in [-0.1, -0.05) is 11.8 Å². The van der Waals surface area contributed by atoms with Crippen LogP contribution in [-0.2, 0) is 61.9 Å². The Morgan fingerprint density at radius 3 is 2.14 bits per heavy atom. The molecule has 2 aromatic rings. The highest BCUT2D eigenvalue weighted by atomic mass is 32.2. The first-order valence-electron chi connectivity index (χ1n) is 15.6. The highest BCUT2D eigenvalue weighted by Gasteiger charge is 2.58. The quantitative estimate of drug-likeness (QED) is 0.244. The van der Waals surface area contributed by atoms with Crippen molar-refractivity contribution in [3.63, 3.8) is 0 Å². The molecule has 2 aromatic heterocycles. The van der Waals surface area contributed by atoms with Crippen LogP contribution in [0.4, 0.5) is 5.69 Å². The van der Waals surface area contributed by atoms with E-state index >= 15 is 0 Å². The first-order chi connectivity index (χ1) is 24.0. The van der Waals surface area contributed by atoms with Crippen LogP contribution in [0.2, 0.25) is 0 Å². The number of pyridine rings is 1. The molecule has 0 bridgehead atoms. The number of esters is 4.